The van der Waals surface area contributed by atoms with E-state index in [1.807, 2.05) is 53.9 Å². The quantitative estimate of drug-likeness (QED) is 0.227. The van der Waals surface area contributed by atoms with E-state index in [-0.39, 0.29) is 18.0 Å². The number of methoxy groups -OCH3 is 1. The highest BCUT2D eigenvalue weighted by molar-refractivity contribution is 7.98. The highest BCUT2D eigenvalue weighted by Crippen LogP contribution is 2.37. The molecule has 0 spiro atoms. The van der Waals surface area contributed by atoms with Gasteiger partial charge in [0.1, 0.15) is 34.3 Å². The summed E-state index contributed by atoms with van der Waals surface area (Å²) >= 11 is 2.83. The van der Waals surface area contributed by atoms with Gasteiger partial charge < -0.3 is 20.9 Å². The number of thioether (sulfide) groups is 1. The van der Waals surface area contributed by atoms with E-state index in [0.29, 0.717) is 28.3 Å². The number of hydrogen-bond donors (Lipinski definition) is 3. The number of benzene rings is 2. The Morgan fingerprint density at radius 3 is 2.43 bits per heavy atom. The van der Waals surface area contributed by atoms with Crippen LogP contribution >= 0.6 is 23.1 Å². The van der Waals surface area contributed by atoms with Gasteiger partial charge in [0.25, 0.3) is 0 Å². The molecule has 0 unspecified atom stereocenters. The predicted octanol–water partition coefficient (Wildman–Crippen LogP) is 5.50. The summed E-state index contributed by atoms with van der Waals surface area (Å²) in [5.41, 5.74) is 10.6. The molecule has 4 rings (SSSR count). The molecule has 0 bridgehead atoms. The van der Waals surface area contributed by atoms with Crippen molar-refractivity contribution < 1.29 is 9.84 Å². The summed E-state index contributed by atoms with van der Waals surface area (Å²) in [5, 5.41) is 35.3. The normalized spacial score (nSPS) is 10.5. The minimum absolute atomic E-state index is 0.0866. The molecule has 0 saturated carbocycles. The van der Waals surface area contributed by atoms with Gasteiger partial charge in [-0.05, 0) is 48.2 Å². The summed E-state index contributed by atoms with van der Waals surface area (Å²) in [4.78, 5) is 9.01. The van der Waals surface area contributed by atoms with Gasteiger partial charge >= 0.3 is 0 Å². The molecule has 2 aromatic carbocycles. The van der Waals surface area contributed by atoms with Crippen molar-refractivity contribution in [2.24, 2.45) is 0 Å². The summed E-state index contributed by atoms with van der Waals surface area (Å²) in [6.45, 7) is 0.123. The van der Waals surface area contributed by atoms with Gasteiger partial charge in [-0.25, -0.2) is 9.97 Å². The number of nitrogens with zero attached hydrogens (tertiary/aromatic N) is 4. The molecule has 0 amide bonds. The second-order valence-electron chi connectivity index (χ2n) is 7.96. The first kappa shape index (κ1) is 26.0. The van der Waals surface area contributed by atoms with E-state index in [9.17, 15) is 10.5 Å². The van der Waals surface area contributed by atoms with Crippen LogP contribution in [0.5, 0.6) is 5.75 Å². The van der Waals surface area contributed by atoms with Crippen molar-refractivity contribution in [3.63, 3.8) is 0 Å². The van der Waals surface area contributed by atoms with Crippen molar-refractivity contribution in [2.45, 2.75) is 23.6 Å². The van der Waals surface area contributed by atoms with Crippen LogP contribution in [0.25, 0.3) is 11.1 Å². The highest BCUT2D eigenvalue weighted by Gasteiger charge is 2.21. The van der Waals surface area contributed by atoms with Crippen LogP contribution in [0, 0.1) is 22.7 Å². The van der Waals surface area contributed by atoms with E-state index in [0.717, 1.165) is 39.8 Å². The van der Waals surface area contributed by atoms with Crippen molar-refractivity contribution in [3.05, 3.63) is 76.3 Å². The number of aliphatic hydroxyl groups is 1. The summed E-state index contributed by atoms with van der Waals surface area (Å²) in [5.74, 6) is 1.35. The van der Waals surface area contributed by atoms with E-state index in [2.05, 4.69) is 27.4 Å². The molecular formula is C27H24N6O2S2. The van der Waals surface area contributed by atoms with E-state index >= 15 is 0 Å². The van der Waals surface area contributed by atoms with E-state index in [1.165, 1.54) is 23.1 Å². The minimum Gasteiger partial charge on any atom is -0.497 e. The maximum Gasteiger partial charge on any atom is 0.187 e. The number of hydrogen-bond acceptors (Lipinski definition) is 10. The van der Waals surface area contributed by atoms with Gasteiger partial charge in [-0.1, -0.05) is 36.0 Å². The van der Waals surface area contributed by atoms with E-state index < -0.39 is 0 Å². The predicted molar refractivity (Wildman–Crippen MR) is 147 cm³/mol. The number of aryl methyl sites for hydroxylation is 1. The molecule has 2 aromatic heterocycles. The fourth-order valence-corrected chi connectivity index (χ4v) is 5.41. The molecule has 0 aliphatic rings. The Morgan fingerprint density at radius 2 is 1.78 bits per heavy atom. The Balaban J connectivity index is 1.55. The maximum absolute atomic E-state index is 10.0. The molecule has 0 saturated heterocycles. The van der Waals surface area contributed by atoms with Crippen molar-refractivity contribution in [1.29, 1.82) is 10.5 Å². The topological polar surface area (TPSA) is 141 Å². The third-order valence-electron chi connectivity index (χ3n) is 5.53. The number of nitrogens with one attached hydrogen (secondary N) is 1. The molecular weight excluding hydrogens is 504 g/mol. The smallest absolute Gasteiger partial charge is 0.187 e. The van der Waals surface area contributed by atoms with Gasteiger partial charge in [-0.3, -0.25) is 0 Å². The molecule has 0 aliphatic carbocycles. The zero-order chi connectivity index (χ0) is 26.2. The Morgan fingerprint density at radius 1 is 1.05 bits per heavy atom. The van der Waals surface area contributed by atoms with Crippen LogP contribution < -0.4 is 15.8 Å². The Labute approximate surface area is 223 Å². The van der Waals surface area contributed by atoms with Crippen molar-refractivity contribution >= 4 is 39.7 Å². The molecule has 186 valence electrons. The number of ether oxygens (including phenoxy) is 1. The zero-order valence-electron chi connectivity index (χ0n) is 20.1. The lowest BCUT2D eigenvalue weighted by molar-refractivity contribution is 0.288. The largest absolute Gasteiger partial charge is 0.497 e. The first-order valence-electron chi connectivity index (χ1n) is 11.4. The number of anilines is 3. The number of thiazole rings is 1. The third kappa shape index (κ3) is 6.19. The summed E-state index contributed by atoms with van der Waals surface area (Å²) in [6, 6.07) is 19.5. The first-order chi connectivity index (χ1) is 18.1. The van der Waals surface area contributed by atoms with Gasteiger partial charge in [0.15, 0.2) is 5.13 Å². The monoisotopic (exact) mass is 528 g/mol. The van der Waals surface area contributed by atoms with Crippen LogP contribution in [0.1, 0.15) is 28.8 Å². The molecule has 10 heteroatoms. The van der Waals surface area contributed by atoms with Crippen LogP contribution in [-0.2, 0) is 12.2 Å². The number of nitrogens with two attached hydrogens (primary N) is 1. The van der Waals surface area contributed by atoms with E-state index in [4.69, 9.17) is 15.6 Å². The lowest BCUT2D eigenvalue weighted by Gasteiger charge is -2.13. The number of rotatable bonds is 10. The number of aliphatic hydroxyl groups excluding tert-OH is 1. The van der Waals surface area contributed by atoms with Crippen LogP contribution in [-0.4, -0.2) is 28.8 Å². The summed E-state index contributed by atoms with van der Waals surface area (Å²) in [7, 11) is 1.63. The number of nitriles is 2. The molecule has 4 N–H and O–H groups in total. The third-order valence-corrected chi connectivity index (χ3v) is 7.35. The molecule has 37 heavy (non-hydrogen) atoms. The fraction of sp³-hybridized carbons (Fsp3) is 0.185. The zero-order valence-corrected chi connectivity index (χ0v) is 21.7. The summed E-state index contributed by atoms with van der Waals surface area (Å²) in [6.07, 6.45) is 1.42. The van der Waals surface area contributed by atoms with Crippen molar-refractivity contribution in [1.82, 2.24) is 9.97 Å². The molecule has 0 fully saturated rings. The second-order valence-corrected chi connectivity index (χ2v) is 9.78. The molecule has 8 nitrogen and oxygen atoms in total. The van der Waals surface area contributed by atoms with E-state index in [1.54, 1.807) is 7.11 Å². The maximum atomic E-state index is 10.0. The lowest BCUT2D eigenvalue weighted by atomic mass is 9.95. The Hall–Kier alpha value is -4.09. The van der Waals surface area contributed by atoms with Crippen molar-refractivity contribution in [2.75, 3.05) is 24.8 Å². The number of nitrogen functional groups attached to an aromatic ring is 1. The fourth-order valence-electron chi connectivity index (χ4n) is 3.68. The summed E-state index contributed by atoms with van der Waals surface area (Å²) < 4.78 is 5.19. The Kier molecular flexibility index (Phi) is 8.60. The molecule has 0 atom stereocenters. The van der Waals surface area contributed by atoms with Crippen LogP contribution in [0.2, 0.25) is 0 Å². The molecule has 0 aliphatic heterocycles. The number of aromatic nitrogens is 2. The molecule has 2 heterocycles. The SMILES string of the molecule is COc1ccc(Nc2nc(CSc3nc(N)c(C#N)c(-c4ccc(CCCO)cc4)c3C#N)cs2)cc1. The van der Waals surface area contributed by atoms with Crippen molar-refractivity contribution in [3.8, 4) is 29.0 Å². The Bertz CT molecular complexity index is 1450. The van der Waals surface area contributed by atoms with Gasteiger partial charge in [-0.15, -0.1) is 11.3 Å². The molecule has 4 aromatic rings. The van der Waals surface area contributed by atoms with Crippen LogP contribution in [0.15, 0.2) is 58.9 Å². The van der Waals surface area contributed by atoms with Crippen LogP contribution in [0.3, 0.4) is 0 Å². The lowest BCUT2D eigenvalue weighted by Crippen LogP contribution is -2.03. The van der Waals surface area contributed by atoms with Gasteiger partial charge in [0.2, 0.25) is 0 Å². The first-order valence-corrected chi connectivity index (χ1v) is 13.2. The average molecular weight is 529 g/mol. The second kappa shape index (κ2) is 12.2. The highest BCUT2D eigenvalue weighted by atomic mass is 32.2. The van der Waals surface area contributed by atoms with Gasteiger partial charge in [0.05, 0.1) is 18.4 Å². The van der Waals surface area contributed by atoms with Gasteiger partial charge in [0, 0.05) is 29.0 Å². The standard InChI is InChI=1S/C27H24N6O2S2/c1-35-21-10-8-19(9-11-21)31-27-32-20(16-37-27)15-36-26-23(14-29)24(22(13-28)25(30)33-26)18-6-4-17(5-7-18)3-2-12-34/h4-11,16,34H,2-3,12,15H2,1H3,(H2,30,33)(H,31,32). The van der Waals surface area contributed by atoms with Crippen LogP contribution in [0.4, 0.5) is 16.6 Å². The number of pyridine rings is 1. The molecule has 0 radical (unpaired) electrons. The van der Waals surface area contributed by atoms with Gasteiger partial charge in [-0.2, -0.15) is 10.5 Å². The minimum atomic E-state index is 0.0866. The average Bonchev–Trinajstić information content (AvgIpc) is 3.38.